The van der Waals surface area contributed by atoms with Gasteiger partial charge in [0.15, 0.2) is 6.29 Å². The molecule has 0 saturated heterocycles. The number of aldehydes is 1. The van der Waals surface area contributed by atoms with Crippen LogP contribution < -0.4 is 0 Å². The van der Waals surface area contributed by atoms with Crippen molar-refractivity contribution in [2.75, 3.05) is 0 Å². The Hall–Kier alpha value is -0.930. The molecule has 0 aromatic rings. The van der Waals surface area contributed by atoms with Gasteiger partial charge in [-0.3, -0.25) is 9.59 Å². The first-order valence-electron chi connectivity index (χ1n) is 3.89. The molecule has 0 unspecified atom stereocenters. The van der Waals surface area contributed by atoms with Crippen molar-refractivity contribution < 1.29 is 44.7 Å². The lowest BCUT2D eigenvalue weighted by molar-refractivity contribution is -0.386. The SMILES string of the molecule is O=CC(F)(F)C(CC(=O)Cl)(C(F)(F)F)C(F)(F)F. The topological polar surface area (TPSA) is 34.1 Å². The van der Waals surface area contributed by atoms with Crippen molar-refractivity contribution in [3.63, 3.8) is 0 Å². The second-order valence-corrected chi connectivity index (χ2v) is 3.60. The number of halogens is 9. The maximum atomic E-state index is 12.8. The van der Waals surface area contributed by atoms with Crippen LogP contribution in [0.5, 0.6) is 0 Å². The molecular formula is C7H3ClF8O2. The van der Waals surface area contributed by atoms with Gasteiger partial charge in [-0.15, -0.1) is 0 Å². The van der Waals surface area contributed by atoms with Crippen LogP contribution in [0.1, 0.15) is 6.42 Å². The Kier molecular flexibility index (Phi) is 4.39. The summed E-state index contributed by atoms with van der Waals surface area (Å²) in [5.74, 6) is -5.88. The van der Waals surface area contributed by atoms with Gasteiger partial charge in [0.1, 0.15) is 0 Å². The van der Waals surface area contributed by atoms with Crippen molar-refractivity contribution in [1.82, 2.24) is 0 Å². The van der Waals surface area contributed by atoms with E-state index in [1.165, 1.54) is 0 Å². The molecule has 0 aliphatic rings. The number of carbonyl (C=O) groups excluding carboxylic acids is 2. The number of alkyl halides is 8. The molecule has 18 heavy (non-hydrogen) atoms. The molecule has 0 radical (unpaired) electrons. The molecule has 0 aliphatic heterocycles. The fourth-order valence-corrected chi connectivity index (χ4v) is 1.37. The van der Waals surface area contributed by atoms with Gasteiger partial charge in [-0.2, -0.15) is 35.1 Å². The Morgan fingerprint density at radius 1 is 0.944 bits per heavy atom. The minimum absolute atomic E-state index is 1.81. The number of carbonyl (C=O) groups is 2. The third kappa shape index (κ3) is 2.57. The molecule has 11 heteroatoms. The molecule has 0 aliphatic carbocycles. The zero-order chi connectivity index (χ0) is 15.0. The van der Waals surface area contributed by atoms with E-state index in [4.69, 9.17) is 0 Å². The highest BCUT2D eigenvalue weighted by atomic mass is 35.5. The molecule has 0 atom stereocenters. The Balaban J connectivity index is 6.24. The molecule has 0 rings (SSSR count). The summed E-state index contributed by atoms with van der Waals surface area (Å²) in [6.07, 6.45) is -17.8. The monoisotopic (exact) mass is 306 g/mol. The van der Waals surface area contributed by atoms with E-state index in [-0.39, 0.29) is 0 Å². The Labute approximate surface area is 98.9 Å². The molecule has 0 heterocycles. The fourth-order valence-electron chi connectivity index (χ4n) is 1.17. The first kappa shape index (κ1) is 17.1. The van der Waals surface area contributed by atoms with Crippen LogP contribution in [-0.2, 0) is 9.59 Å². The van der Waals surface area contributed by atoms with Gasteiger partial charge in [0.05, 0.1) is 6.42 Å². The average molecular weight is 307 g/mol. The zero-order valence-electron chi connectivity index (χ0n) is 8.00. The van der Waals surface area contributed by atoms with Crippen LogP contribution >= 0.6 is 11.6 Å². The van der Waals surface area contributed by atoms with Crippen LogP contribution in [0, 0.1) is 5.41 Å². The second kappa shape index (κ2) is 4.63. The molecule has 106 valence electrons. The van der Waals surface area contributed by atoms with E-state index in [1.54, 1.807) is 0 Å². The van der Waals surface area contributed by atoms with E-state index >= 15 is 0 Å². The Morgan fingerprint density at radius 3 is 1.44 bits per heavy atom. The van der Waals surface area contributed by atoms with Gasteiger partial charge >= 0.3 is 18.3 Å². The van der Waals surface area contributed by atoms with Gasteiger partial charge in [0, 0.05) is 0 Å². The maximum absolute atomic E-state index is 12.8. The fraction of sp³-hybridized carbons (Fsp3) is 0.714. The first-order valence-corrected chi connectivity index (χ1v) is 4.26. The molecule has 0 aromatic carbocycles. The van der Waals surface area contributed by atoms with Crippen LogP contribution in [-0.4, -0.2) is 29.8 Å². The van der Waals surface area contributed by atoms with Crippen molar-refractivity contribution in [2.24, 2.45) is 5.41 Å². The summed E-state index contributed by atoms with van der Waals surface area (Å²) < 4.78 is 99.7. The van der Waals surface area contributed by atoms with Gasteiger partial charge in [-0.1, -0.05) is 0 Å². The number of hydrogen-bond acceptors (Lipinski definition) is 2. The lowest BCUT2D eigenvalue weighted by Gasteiger charge is -2.39. The standard InChI is InChI=1S/C7H3ClF8O2/c8-3(18)1-4(6(11,12)13,7(14,15)16)5(9,10)2-17/h2H,1H2. The van der Waals surface area contributed by atoms with Gasteiger partial charge < -0.3 is 0 Å². The molecule has 0 spiro atoms. The summed E-state index contributed by atoms with van der Waals surface area (Å²) in [4.78, 5) is 20.1. The van der Waals surface area contributed by atoms with Crippen LogP contribution in [0.3, 0.4) is 0 Å². The minimum Gasteiger partial charge on any atom is -0.297 e. The first-order chi connectivity index (χ1) is 7.73. The summed E-state index contributed by atoms with van der Waals surface area (Å²) >= 11 is 4.35. The minimum atomic E-state index is -6.60. The maximum Gasteiger partial charge on any atom is 0.410 e. The van der Waals surface area contributed by atoms with Crippen LogP contribution in [0.25, 0.3) is 0 Å². The van der Waals surface area contributed by atoms with Crippen LogP contribution in [0.15, 0.2) is 0 Å². The molecule has 0 amide bonds. The highest BCUT2D eigenvalue weighted by molar-refractivity contribution is 6.63. The van der Waals surface area contributed by atoms with Gasteiger partial charge in [0.25, 0.3) is 0 Å². The van der Waals surface area contributed by atoms with E-state index in [0.717, 1.165) is 0 Å². The molecule has 0 bridgehead atoms. The summed E-state index contributed by atoms with van der Waals surface area (Å²) in [5.41, 5.74) is -5.84. The van der Waals surface area contributed by atoms with Gasteiger partial charge in [0.2, 0.25) is 10.7 Å². The number of rotatable bonds is 4. The second-order valence-electron chi connectivity index (χ2n) is 3.17. The van der Waals surface area contributed by atoms with Crippen LogP contribution in [0.4, 0.5) is 35.1 Å². The van der Waals surface area contributed by atoms with Crippen molar-refractivity contribution in [3.8, 4) is 0 Å². The van der Waals surface area contributed by atoms with E-state index in [9.17, 15) is 44.7 Å². The van der Waals surface area contributed by atoms with E-state index < -0.39 is 41.6 Å². The van der Waals surface area contributed by atoms with E-state index in [1.807, 2.05) is 0 Å². The smallest absolute Gasteiger partial charge is 0.297 e. The lowest BCUT2D eigenvalue weighted by atomic mass is 9.77. The van der Waals surface area contributed by atoms with Crippen molar-refractivity contribution in [1.29, 1.82) is 0 Å². The molecule has 0 fully saturated rings. The third-order valence-corrected chi connectivity index (χ3v) is 2.22. The summed E-state index contributed by atoms with van der Waals surface area (Å²) in [6.45, 7) is 0. The third-order valence-electron chi connectivity index (χ3n) is 2.09. The molecular weight excluding hydrogens is 304 g/mol. The Morgan fingerprint density at radius 2 is 1.28 bits per heavy atom. The molecule has 2 nitrogen and oxygen atoms in total. The quantitative estimate of drug-likeness (QED) is 0.454. The van der Waals surface area contributed by atoms with Gasteiger partial charge in [-0.05, 0) is 11.6 Å². The molecule has 0 aromatic heterocycles. The molecule has 0 N–H and O–H groups in total. The van der Waals surface area contributed by atoms with E-state index in [2.05, 4.69) is 11.6 Å². The molecule has 0 saturated carbocycles. The summed E-state index contributed by atoms with van der Waals surface area (Å²) in [6, 6.07) is 0. The predicted octanol–water partition coefficient (Wildman–Crippen LogP) is 3.09. The summed E-state index contributed by atoms with van der Waals surface area (Å²) in [7, 11) is 0. The van der Waals surface area contributed by atoms with Gasteiger partial charge in [-0.25, -0.2) is 0 Å². The average Bonchev–Trinajstić information content (AvgIpc) is 2.09. The lowest BCUT2D eigenvalue weighted by Crippen LogP contribution is -2.62. The Bertz CT molecular complexity index is 330. The predicted molar refractivity (Wildman–Crippen MR) is 41.0 cm³/mol. The highest BCUT2D eigenvalue weighted by Crippen LogP contribution is 2.60. The summed E-state index contributed by atoms with van der Waals surface area (Å²) in [5, 5.41) is -2.30. The van der Waals surface area contributed by atoms with Crippen molar-refractivity contribution in [3.05, 3.63) is 0 Å². The van der Waals surface area contributed by atoms with Crippen molar-refractivity contribution in [2.45, 2.75) is 24.7 Å². The van der Waals surface area contributed by atoms with Crippen molar-refractivity contribution >= 4 is 23.1 Å². The zero-order valence-corrected chi connectivity index (χ0v) is 8.76. The van der Waals surface area contributed by atoms with Crippen LogP contribution in [0.2, 0.25) is 0 Å². The normalized spacial score (nSPS) is 14.5. The number of hydrogen-bond donors (Lipinski definition) is 0. The highest BCUT2D eigenvalue weighted by Gasteiger charge is 2.82. The largest absolute Gasteiger partial charge is 0.410 e. The van der Waals surface area contributed by atoms with E-state index in [0.29, 0.717) is 0 Å².